The van der Waals surface area contributed by atoms with E-state index in [0.717, 1.165) is 12.8 Å². The average Bonchev–Trinajstić information content (AvgIpc) is 3.03. The van der Waals surface area contributed by atoms with Crippen molar-refractivity contribution in [1.29, 1.82) is 0 Å². The molecule has 2 N–H and O–H groups in total. The van der Waals surface area contributed by atoms with Gasteiger partial charge in [0.05, 0.1) is 11.5 Å². The number of nitrogens with zero attached hydrogens (tertiary/aromatic N) is 2. The lowest BCUT2D eigenvalue weighted by Crippen LogP contribution is -2.24. The van der Waals surface area contributed by atoms with Gasteiger partial charge in [0.2, 0.25) is 5.91 Å². The molecule has 2 aromatic rings. The van der Waals surface area contributed by atoms with Crippen molar-refractivity contribution in [2.24, 2.45) is 10.9 Å². The molecule has 0 bridgehead atoms. The van der Waals surface area contributed by atoms with Crippen molar-refractivity contribution in [2.75, 3.05) is 18.5 Å². The quantitative estimate of drug-likeness (QED) is 0.735. The molecule has 0 spiro atoms. The Morgan fingerprint density at radius 2 is 1.97 bits per heavy atom. The van der Waals surface area contributed by atoms with E-state index < -0.39 is 15.9 Å². The Bertz CT molecular complexity index is 1060. The second kappa shape index (κ2) is 8.83. The molecule has 2 aliphatic rings. The lowest BCUT2D eigenvalue weighted by Gasteiger charge is -2.22. The van der Waals surface area contributed by atoms with Gasteiger partial charge >= 0.3 is 0 Å². The first kappa shape index (κ1) is 20.3. The van der Waals surface area contributed by atoms with Crippen molar-refractivity contribution in [1.82, 2.24) is 9.71 Å². The molecule has 1 saturated carbocycles. The van der Waals surface area contributed by atoms with E-state index >= 15 is 0 Å². The highest BCUT2D eigenvalue weighted by molar-refractivity contribution is 7.90. The molecule has 0 atom stereocenters. The summed E-state index contributed by atoms with van der Waals surface area (Å²) in [5, 5.41) is 2.71. The minimum atomic E-state index is -3.63. The van der Waals surface area contributed by atoms with Crippen LogP contribution in [0.25, 0.3) is 0 Å². The smallest absolute Gasteiger partial charge is 0.263 e. The van der Waals surface area contributed by atoms with E-state index in [1.165, 1.54) is 25.3 Å². The number of anilines is 1. The first-order valence-corrected chi connectivity index (χ1v) is 11.6. The number of hydrogen-bond donors (Lipinski definition) is 2. The molecule has 1 aromatic carbocycles. The Labute approximate surface area is 175 Å². The second-order valence-electron chi connectivity index (χ2n) is 7.48. The van der Waals surface area contributed by atoms with E-state index in [-0.39, 0.29) is 17.3 Å². The van der Waals surface area contributed by atoms with Crippen molar-refractivity contribution >= 4 is 27.6 Å². The van der Waals surface area contributed by atoms with Gasteiger partial charge in [-0.05, 0) is 43.0 Å². The normalized spacial score (nSPS) is 19.1. The van der Waals surface area contributed by atoms with Crippen LogP contribution in [0.1, 0.15) is 37.7 Å². The maximum atomic E-state index is 12.4. The monoisotopic (exact) mass is 428 g/mol. The van der Waals surface area contributed by atoms with Crippen molar-refractivity contribution < 1.29 is 17.9 Å². The topological polar surface area (TPSA) is 110 Å². The number of ether oxygens (including phenoxy) is 1. The second-order valence-corrected chi connectivity index (χ2v) is 9.13. The van der Waals surface area contributed by atoms with Gasteiger partial charge in [-0.3, -0.25) is 14.5 Å². The van der Waals surface area contributed by atoms with E-state index in [9.17, 15) is 13.2 Å². The minimum absolute atomic E-state index is 0.160. The number of fused-ring (bicyclic) bond motifs is 1. The van der Waals surface area contributed by atoms with Gasteiger partial charge in [0.25, 0.3) is 10.0 Å². The molecule has 1 aliphatic carbocycles. The molecule has 4 rings (SSSR count). The first-order chi connectivity index (χ1) is 14.5. The molecule has 1 aromatic heterocycles. The Kier molecular flexibility index (Phi) is 5.98. The number of amidine groups is 1. The van der Waals surface area contributed by atoms with E-state index in [0.29, 0.717) is 29.7 Å². The zero-order chi connectivity index (χ0) is 21.0. The molecule has 9 heteroatoms. The lowest BCUT2D eigenvalue weighted by atomic mass is 9.90. The van der Waals surface area contributed by atoms with Gasteiger partial charge in [0, 0.05) is 11.8 Å². The maximum Gasteiger partial charge on any atom is 0.263 e. The summed E-state index contributed by atoms with van der Waals surface area (Å²) < 4.78 is 32.6. The Morgan fingerprint density at radius 3 is 2.80 bits per heavy atom. The van der Waals surface area contributed by atoms with Crippen LogP contribution in [0.2, 0.25) is 0 Å². The number of carbonyl (C=O) groups is 1. The highest BCUT2D eigenvalue weighted by atomic mass is 32.2. The SMILES string of the molecule is O=C(CN=C1NS(=O)(=O)c2ccccc21)Nc1ncccc1OCC1CCCCC1. The van der Waals surface area contributed by atoms with Crippen molar-refractivity contribution in [3.05, 3.63) is 48.2 Å². The number of rotatable bonds is 6. The maximum absolute atomic E-state index is 12.4. The van der Waals surface area contributed by atoms with Gasteiger partial charge in [-0.2, -0.15) is 0 Å². The molecule has 0 unspecified atom stereocenters. The van der Waals surface area contributed by atoms with Crippen molar-refractivity contribution in [2.45, 2.75) is 37.0 Å². The summed E-state index contributed by atoms with van der Waals surface area (Å²) >= 11 is 0. The zero-order valence-corrected chi connectivity index (χ0v) is 17.3. The summed E-state index contributed by atoms with van der Waals surface area (Å²) in [5.41, 5.74) is 0.458. The van der Waals surface area contributed by atoms with Gasteiger partial charge in [0.1, 0.15) is 12.4 Å². The summed E-state index contributed by atoms with van der Waals surface area (Å²) in [6.45, 7) is 0.361. The largest absolute Gasteiger partial charge is 0.489 e. The van der Waals surface area contributed by atoms with Gasteiger partial charge in [0.15, 0.2) is 11.6 Å². The van der Waals surface area contributed by atoms with Crippen LogP contribution in [0.3, 0.4) is 0 Å². The van der Waals surface area contributed by atoms with Crippen LogP contribution in [0, 0.1) is 5.92 Å². The van der Waals surface area contributed by atoms with Crippen molar-refractivity contribution in [3.63, 3.8) is 0 Å². The summed E-state index contributed by atoms with van der Waals surface area (Å²) in [6.07, 6.45) is 7.66. The van der Waals surface area contributed by atoms with E-state index in [4.69, 9.17) is 4.74 Å². The van der Waals surface area contributed by atoms with Crippen LogP contribution in [-0.4, -0.2) is 38.3 Å². The number of nitrogens with one attached hydrogen (secondary N) is 2. The number of aromatic nitrogens is 1. The number of aliphatic imine (C=N–C) groups is 1. The van der Waals surface area contributed by atoms with Crippen LogP contribution in [-0.2, 0) is 14.8 Å². The Balaban J connectivity index is 1.40. The fraction of sp³-hybridized carbons (Fsp3) is 0.381. The van der Waals surface area contributed by atoms with Gasteiger partial charge in [-0.1, -0.05) is 31.4 Å². The third kappa shape index (κ3) is 4.62. The van der Waals surface area contributed by atoms with Gasteiger partial charge < -0.3 is 10.1 Å². The number of benzene rings is 1. The number of amides is 1. The summed E-state index contributed by atoms with van der Waals surface area (Å²) in [6, 6.07) is 10.1. The summed E-state index contributed by atoms with van der Waals surface area (Å²) in [4.78, 5) is 20.9. The number of hydrogen-bond acceptors (Lipinski definition) is 6. The van der Waals surface area contributed by atoms with E-state index in [1.54, 1.807) is 36.5 Å². The van der Waals surface area contributed by atoms with Crippen molar-refractivity contribution in [3.8, 4) is 5.75 Å². The number of sulfonamides is 1. The zero-order valence-electron chi connectivity index (χ0n) is 16.5. The standard InChI is InChI=1S/C21H24N4O4S/c26-19(13-23-20-16-9-4-5-11-18(16)30(27,28)25-20)24-21-17(10-6-12-22-21)29-14-15-7-2-1-3-8-15/h4-6,9-12,15H,1-3,7-8,13-14H2,(H,23,25)(H,22,24,26). The van der Waals surface area contributed by atoms with Gasteiger partial charge in [-0.25, -0.2) is 13.4 Å². The fourth-order valence-corrected chi connectivity index (χ4v) is 4.99. The van der Waals surface area contributed by atoms with E-state index in [1.807, 2.05) is 0 Å². The highest BCUT2D eigenvalue weighted by Crippen LogP contribution is 2.27. The molecule has 1 amide bonds. The third-order valence-electron chi connectivity index (χ3n) is 5.27. The van der Waals surface area contributed by atoms with Crippen LogP contribution in [0.5, 0.6) is 5.75 Å². The molecular formula is C21H24N4O4S. The number of carbonyl (C=O) groups excluding carboxylic acids is 1. The lowest BCUT2D eigenvalue weighted by molar-refractivity contribution is -0.114. The molecule has 1 fully saturated rings. The van der Waals surface area contributed by atoms with Crippen LogP contribution < -0.4 is 14.8 Å². The highest BCUT2D eigenvalue weighted by Gasteiger charge is 2.30. The van der Waals surface area contributed by atoms with Crippen LogP contribution in [0.15, 0.2) is 52.5 Å². The molecule has 158 valence electrons. The molecule has 2 heterocycles. The minimum Gasteiger partial charge on any atom is -0.489 e. The Morgan fingerprint density at radius 1 is 1.17 bits per heavy atom. The first-order valence-electron chi connectivity index (χ1n) is 10.1. The third-order valence-corrected chi connectivity index (χ3v) is 6.67. The predicted molar refractivity (Wildman–Crippen MR) is 113 cm³/mol. The van der Waals surface area contributed by atoms with Crippen LogP contribution in [0.4, 0.5) is 5.82 Å². The predicted octanol–water partition coefficient (Wildman–Crippen LogP) is 2.72. The molecule has 0 saturated heterocycles. The average molecular weight is 429 g/mol. The van der Waals surface area contributed by atoms with Gasteiger partial charge in [-0.15, -0.1) is 0 Å². The van der Waals surface area contributed by atoms with E-state index in [2.05, 4.69) is 20.0 Å². The summed E-state index contributed by atoms with van der Waals surface area (Å²) in [7, 11) is -3.63. The Hall–Kier alpha value is -2.94. The molecular weight excluding hydrogens is 404 g/mol. The van der Waals surface area contributed by atoms with Crippen LogP contribution >= 0.6 is 0 Å². The fourth-order valence-electron chi connectivity index (χ4n) is 3.74. The molecule has 1 aliphatic heterocycles. The molecule has 8 nitrogen and oxygen atoms in total. The molecule has 30 heavy (non-hydrogen) atoms. The molecule has 0 radical (unpaired) electrons. The number of pyridine rings is 1. The summed E-state index contributed by atoms with van der Waals surface area (Å²) in [5.74, 6) is 1.15.